The van der Waals surface area contributed by atoms with Crippen molar-refractivity contribution in [2.45, 2.75) is 32.9 Å². The van der Waals surface area contributed by atoms with Crippen molar-refractivity contribution in [1.29, 1.82) is 0 Å². The van der Waals surface area contributed by atoms with E-state index in [4.69, 9.17) is 4.74 Å². The van der Waals surface area contributed by atoms with Crippen LogP contribution in [0.2, 0.25) is 0 Å². The average molecular weight is 294 g/mol. The van der Waals surface area contributed by atoms with E-state index in [-0.39, 0.29) is 25.1 Å². The van der Waals surface area contributed by atoms with Gasteiger partial charge in [0.05, 0.1) is 6.54 Å². The molecular formula is C16H26N2O3. The molecule has 0 fully saturated rings. The molecule has 0 aliphatic heterocycles. The second kappa shape index (κ2) is 8.64. The molecule has 0 aliphatic carbocycles. The molecule has 1 unspecified atom stereocenters. The Morgan fingerprint density at radius 3 is 2.52 bits per heavy atom. The maximum Gasteiger partial charge on any atom is 0.234 e. The van der Waals surface area contributed by atoms with Crippen LogP contribution in [0.3, 0.4) is 0 Å². The quantitative estimate of drug-likeness (QED) is 0.756. The fourth-order valence-corrected chi connectivity index (χ4v) is 1.92. The van der Waals surface area contributed by atoms with Crippen molar-refractivity contribution in [2.24, 2.45) is 0 Å². The third-order valence-electron chi connectivity index (χ3n) is 2.85. The van der Waals surface area contributed by atoms with Crippen LogP contribution in [0.25, 0.3) is 0 Å². The van der Waals surface area contributed by atoms with Gasteiger partial charge in [0.15, 0.2) is 0 Å². The third-order valence-corrected chi connectivity index (χ3v) is 2.85. The molecule has 0 saturated heterocycles. The summed E-state index contributed by atoms with van der Waals surface area (Å²) in [5, 5.41) is 12.7. The van der Waals surface area contributed by atoms with E-state index in [0.29, 0.717) is 6.54 Å². The van der Waals surface area contributed by atoms with Crippen LogP contribution < -0.4 is 10.1 Å². The Balaban J connectivity index is 2.27. The lowest BCUT2D eigenvalue weighted by Crippen LogP contribution is -2.42. The van der Waals surface area contributed by atoms with Crippen LogP contribution in [0.4, 0.5) is 0 Å². The van der Waals surface area contributed by atoms with E-state index in [1.165, 1.54) is 5.56 Å². The van der Waals surface area contributed by atoms with E-state index in [1.54, 1.807) is 11.9 Å². The number of aliphatic hydroxyl groups is 1. The van der Waals surface area contributed by atoms with Gasteiger partial charge in [0.25, 0.3) is 0 Å². The Bertz CT molecular complexity index is 432. The van der Waals surface area contributed by atoms with Gasteiger partial charge in [-0.2, -0.15) is 0 Å². The van der Waals surface area contributed by atoms with E-state index in [9.17, 15) is 9.90 Å². The summed E-state index contributed by atoms with van der Waals surface area (Å²) < 4.78 is 5.52. The number of carbonyl (C=O) groups excluding carboxylic acids is 1. The standard InChI is InChI=1S/C16H26N2O3/c1-12(2)17-16(20)10-18(4)9-14(19)11-21-15-7-5-13(3)6-8-15/h5-8,12,14,19H,9-11H2,1-4H3,(H,17,20). The highest BCUT2D eigenvalue weighted by atomic mass is 16.5. The Morgan fingerprint density at radius 1 is 1.33 bits per heavy atom. The Labute approximate surface area is 126 Å². The van der Waals surface area contributed by atoms with Crippen LogP contribution in [0, 0.1) is 6.92 Å². The zero-order valence-corrected chi connectivity index (χ0v) is 13.3. The van der Waals surface area contributed by atoms with Gasteiger partial charge < -0.3 is 15.2 Å². The summed E-state index contributed by atoms with van der Waals surface area (Å²) in [6.07, 6.45) is -0.636. The molecule has 0 bridgehead atoms. The lowest BCUT2D eigenvalue weighted by atomic mass is 10.2. The molecule has 1 rings (SSSR count). The predicted octanol–water partition coefficient (Wildman–Crippen LogP) is 1.19. The largest absolute Gasteiger partial charge is 0.491 e. The third kappa shape index (κ3) is 7.68. The molecule has 0 aliphatic rings. The first-order valence-corrected chi connectivity index (χ1v) is 7.22. The van der Waals surface area contributed by atoms with Crippen molar-refractivity contribution in [3.05, 3.63) is 29.8 Å². The van der Waals surface area contributed by atoms with Crippen LogP contribution >= 0.6 is 0 Å². The van der Waals surface area contributed by atoms with Gasteiger partial charge in [0.2, 0.25) is 5.91 Å². The zero-order valence-electron chi connectivity index (χ0n) is 13.3. The number of hydrogen-bond acceptors (Lipinski definition) is 4. The van der Waals surface area contributed by atoms with Gasteiger partial charge in [0.1, 0.15) is 18.5 Å². The molecule has 21 heavy (non-hydrogen) atoms. The first-order valence-electron chi connectivity index (χ1n) is 7.22. The predicted molar refractivity (Wildman–Crippen MR) is 83.5 cm³/mol. The fourth-order valence-electron chi connectivity index (χ4n) is 1.92. The van der Waals surface area contributed by atoms with Crippen molar-refractivity contribution < 1.29 is 14.6 Å². The first kappa shape index (κ1) is 17.5. The molecule has 0 radical (unpaired) electrons. The number of benzene rings is 1. The second-order valence-corrected chi connectivity index (χ2v) is 5.70. The number of nitrogens with one attached hydrogen (secondary N) is 1. The van der Waals surface area contributed by atoms with E-state index >= 15 is 0 Å². The Morgan fingerprint density at radius 2 is 1.95 bits per heavy atom. The molecule has 0 heterocycles. The minimum absolute atomic E-state index is 0.0425. The molecule has 1 atom stereocenters. The van der Waals surface area contributed by atoms with Gasteiger partial charge in [-0.15, -0.1) is 0 Å². The molecule has 1 amide bonds. The highest BCUT2D eigenvalue weighted by molar-refractivity contribution is 5.78. The number of nitrogens with zero attached hydrogens (tertiary/aromatic N) is 1. The SMILES string of the molecule is Cc1ccc(OCC(O)CN(C)CC(=O)NC(C)C)cc1. The Kier molecular flexibility index (Phi) is 7.19. The van der Waals surface area contributed by atoms with Gasteiger partial charge in [-0.25, -0.2) is 0 Å². The van der Waals surface area contributed by atoms with Crippen LogP contribution in [0.15, 0.2) is 24.3 Å². The summed E-state index contributed by atoms with van der Waals surface area (Å²) >= 11 is 0. The van der Waals surface area contributed by atoms with Crippen LogP contribution in [0.5, 0.6) is 5.75 Å². The molecular weight excluding hydrogens is 268 g/mol. The monoisotopic (exact) mass is 294 g/mol. The Hall–Kier alpha value is -1.59. The summed E-state index contributed by atoms with van der Waals surface area (Å²) in [7, 11) is 1.80. The summed E-state index contributed by atoms with van der Waals surface area (Å²) in [6.45, 7) is 6.70. The molecule has 5 heteroatoms. The molecule has 118 valence electrons. The minimum Gasteiger partial charge on any atom is -0.491 e. The molecule has 5 nitrogen and oxygen atoms in total. The van der Waals surface area contributed by atoms with Crippen molar-refractivity contribution in [3.63, 3.8) is 0 Å². The molecule has 1 aromatic rings. The summed E-state index contributed by atoms with van der Waals surface area (Å²) in [5.41, 5.74) is 1.17. The van der Waals surface area contributed by atoms with Gasteiger partial charge >= 0.3 is 0 Å². The van der Waals surface area contributed by atoms with Gasteiger partial charge in [-0.3, -0.25) is 9.69 Å². The lowest BCUT2D eigenvalue weighted by molar-refractivity contribution is -0.122. The molecule has 0 saturated carbocycles. The molecule has 0 spiro atoms. The number of aryl methyl sites for hydroxylation is 1. The van der Waals surface area contributed by atoms with Crippen molar-refractivity contribution in [3.8, 4) is 5.75 Å². The number of hydrogen-bond donors (Lipinski definition) is 2. The number of rotatable bonds is 8. The van der Waals surface area contributed by atoms with E-state index in [2.05, 4.69) is 5.32 Å². The second-order valence-electron chi connectivity index (χ2n) is 5.70. The van der Waals surface area contributed by atoms with Crippen molar-refractivity contribution in [2.75, 3.05) is 26.7 Å². The van der Waals surface area contributed by atoms with Crippen LogP contribution in [0.1, 0.15) is 19.4 Å². The smallest absolute Gasteiger partial charge is 0.234 e. The van der Waals surface area contributed by atoms with E-state index < -0.39 is 6.10 Å². The molecule has 0 aromatic heterocycles. The highest BCUT2D eigenvalue weighted by Gasteiger charge is 2.12. The highest BCUT2D eigenvalue weighted by Crippen LogP contribution is 2.11. The van der Waals surface area contributed by atoms with Gasteiger partial charge in [0, 0.05) is 12.6 Å². The maximum absolute atomic E-state index is 11.6. The maximum atomic E-state index is 11.6. The minimum atomic E-state index is -0.636. The van der Waals surface area contributed by atoms with Crippen molar-refractivity contribution >= 4 is 5.91 Å². The first-order chi connectivity index (χ1) is 9.86. The van der Waals surface area contributed by atoms with Crippen LogP contribution in [-0.4, -0.2) is 54.8 Å². The van der Waals surface area contributed by atoms with E-state index in [0.717, 1.165) is 5.75 Å². The van der Waals surface area contributed by atoms with E-state index in [1.807, 2.05) is 45.0 Å². The number of ether oxygens (including phenoxy) is 1. The normalized spacial score (nSPS) is 12.5. The summed E-state index contributed by atoms with van der Waals surface area (Å²) in [6, 6.07) is 7.80. The van der Waals surface area contributed by atoms with Crippen molar-refractivity contribution in [1.82, 2.24) is 10.2 Å². The molecule has 1 aromatic carbocycles. The zero-order chi connectivity index (χ0) is 15.8. The lowest BCUT2D eigenvalue weighted by Gasteiger charge is -2.21. The number of aliphatic hydroxyl groups excluding tert-OH is 1. The summed E-state index contributed by atoms with van der Waals surface area (Å²) in [5.74, 6) is 0.694. The van der Waals surface area contributed by atoms with Gasteiger partial charge in [-0.05, 0) is 40.0 Å². The average Bonchev–Trinajstić information content (AvgIpc) is 2.36. The van der Waals surface area contributed by atoms with Gasteiger partial charge in [-0.1, -0.05) is 17.7 Å². The number of likely N-dealkylation sites (N-methyl/N-ethyl adjacent to an activating group) is 1. The fraction of sp³-hybridized carbons (Fsp3) is 0.562. The number of amides is 1. The van der Waals surface area contributed by atoms with Crippen LogP contribution in [-0.2, 0) is 4.79 Å². The number of carbonyl (C=O) groups is 1. The topological polar surface area (TPSA) is 61.8 Å². The summed E-state index contributed by atoms with van der Waals surface area (Å²) in [4.78, 5) is 13.4. The molecule has 2 N–H and O–H groups in total.